The number of aromatic nitrogens is 3. The number of nitrogens with one attached hydrogen (secondary N) is 1. The van der Waals surface area contributed by atoms with Crippen molar-refractivity contribution in [2.75, 3.05) is 26.7 Å². The van der Waals surface area contributed by atoms with Crippen molar-refractivity contribution in [3.8, 4) is 11.4 Å². The number of benzene rings is 1. The van der Waals surface area contributed by atoms with Crippen LogP contribution in [0.3, 0.4) is 0 Å². The topological polar surface area (TPSA) is 82.2 Å². The molecular formula is C18H23N5O2. The highest BCUT2D eigenvalue weighted by atomic mass is 16.2. The van der Waals surface area contributed by atoms with Gasteiger partial charge in [-0.15, -0.1) is 0 Å². The number of H-pyrrole nitrogens is 1. The van der Waals surface area contributed by atoms with Crippen LogP contribution in [0.4, 0.5) is 0 Å². The molecule has 0 unspecified atom stereocenters. The van der Waals surface area contributed by atoms with Gasteiger partial charge in [0.2, 0.25) is 11.8 Å². The molecule has 2 heterocycles. The van der Waals surface area contributed by atoms with Gasteiger partial charge in [-0.1, -0.05) is 30.3 Å². The summed E-state index contributed by atoms with van der Waals surface area (Å²) in [7, 11) is 1.64. The molecule has 25 heavy (non-hydrogen) atoms. The number of likely N-dealkylation sites (N-methyl/N-ethyl adjacent to an activating group) is 1. The summed E-state index contributed by atoms with van der Waals surface area (Å²) >= 11 is 0. The summed E-state index contributed by atoms with van der Waals surface area (Å²) in [6.07, 6.45) is 1.89. The standard InChI is InChI=1S/C18H23N5O2/c1-13(24)22(2)12-16(25)23-10-6-9-15(11-23)18-19-17(20-21-18)14-7-4-3-5-8-14/h3-5,7-8,15H,6,9-12H2,1-2H3,(H,19,20,21)/t15-/m1/s1. The molecule has 1 atom stereocenters. The molecule has 1 saturated heterocycles. The molecule has 1 aliphatic heterocycles. The van der Waals surface area contributed by atoms with Crippen LogP contribution < -0.4 is 0 Å². The second kappa shape index (κ2) is 7.46. The van der Waals surface area contributed by atoms with Crippen molar-refractivity contribution in [2.45, 2.75) is 25.7 Å². The SMILES string of the molecule is CC(=O)N(C)CC(=O)N1CCC[C@@H](c2nc(-c3ccccc3)n[nH]2)C1. The molecule has 1 aliphatic rings. The highest BCUT2D eigenvalue weighted by Crippen LogP contribution is 2.26. The van der Waals surface area contributed by atoms with Crippen molar-refractivity contribution in [3.05, 3.63) is 36.2 Å². The second-order valence-electron chi connectivity index (χ2n) is 6.46. The van der Waals surface area contributed by atoms with Crippen LogP contribution in [-0.2, 0) is 9.59 Å². The molecular weight excluding hydrogens is 318 g/mol. The van der Waals surface area contributed by atoms with Gasteiger partial charge in [0.05, 0.1) is 6.54 Å². The molecule has 0 aliphatic carbocycles. The number of rotatable bonds is 4. The number of aromatic amines is 1. The lowest BCUT2D eigenvalue weighted by molar-refractivity contribution is -0.139. The monoisotopic (exact) mass is 341 g/mol. The van der Waals surface area contributed by atoms with E-state index in [1.807, 2.05) is 35.2 Å². The smallest absolute Gasteiger partial charge is 0.242 e. The zero-order valence-corrected chi connectivity index (χ0v) is 14.6. The van der Waals surface area contributed by atoms with Crippen LogP contribution in [0.2, 0.25) is 0 Å². The number of hydrogen-bond donors (Lipinski definition) is 1. The quantitative estimate of drug-likeness (QED) is 0.917. The molecule has 7 nitrogen and oxygen atoms in total. The van der Waals surface area contributed by atoms with Gasteiger partial charge < -0.3 is 9.80 Å². The Morgan fingerprint density at radius 1 is 1.32 bits per heavy atom. The van der Waals surface area contributed by atoms with Crippen molar-refractivity contribution in [1.29, 1.82) is 0 Å². The van der Waals surface area contributed by atoms with Crippen molar-refractivity contribution < 1.29 is 9.59 Å². The fraction of sp³-hybridized carbons (Fsp3) is 0.444. The first-order valence-corrected chi connectivity index (χ1v) is 8.52. The highest BCUT2D eigenvalue weighted by molar-refractivity contribution is 5.83. The minimum atomic E-state index is -0.107. The van der Waals surface area contributed by atoms with Crippen molar-refractivity contribution in [3.63, 3.8) is 0 Å². The fourth-order valence-corrected chi connectivity index (χ4v) is 3.01. The molecule has 0 saturated carbocycles. The number of amides is 2. The third-order valence-electron chi connectivity index (χ3n) is 4.61. The first-order chi connectivity index (χ1) is 12.0. The maximum absolute atomic E-state index is 12.4. The Bertz CT molecular complexity index is 743. The summed E-state index contributed by atoms with van der Waals surface area (Å²) in [6.45, 7) is 2.91. The van der Waals surface area contributed by atoms with Gasteiger partial charge in [-0.2, -0.15) is 5.10 Å². The number of hydrogen-bond acceptors (Lipinski definition) is 4. The first kappa shape index (κ1) is 17.1. The minimum Gasteiger partial charge on any atom is -0.340 e. The number of likely N-dealkylation sites (tertiary alicyclic amines) is 1. The van der Waals surface area contributed by atoms with E-state index in [4.69, 9.17) is 0 Å². The lowest BCUT2D eigenvalue weighted by Crippen LogP contribution is -2.44. The zero-order valence-electron chi connectivity index (χ0n) is 14.6. The summed E-state index contributed by atoms with van der Waals surface area (Å²) in [6, 6.07) is 9.82. The Morgan fingerprint density at radius 2 is 2.08 bits per heavy atom. The summed E-state index contributed by atoms with van der Waals surface area (Å²) < 4.78 is 0. The maximum atomic E-state index is 12.4. The Morgan fingerprint density at radius 3 is 2.80 bits per heavy atom. The van der Waals surface area contributed by atoms with E-state index in [1.165, 1.54) is 11.8 Å². The van der Waals surface area contributed by atoms with Crippen LogP contribution in [0.25, 0.3) is 11.4 Å². The Labute approximate surface area is 147 Å². The Hall–Kier alpha value is -2.70. The largest absolute Gasteiger partial charge is 0.340 e. The van der Waals surface area contributed by atoms with E-state index in [9.17, 15) is 9.59 Å². The van der Waals surface area contributed by atoms with Gasteiger partial charge >= 0.3 is 0 Å². The van der Waals surface area contributed by atoms with Crippen LogP contribution in [-0.4, -0.2) is 63.5 Å². The fourth-order valence-electron chi connectivity index (χ4n) is 3.01. The van der Waals surface area contributed by atoms with Gasteiger partial charge in [0.25, 0.3) is 0 Å². The molecule has 3 rings (SSSR count). The average Bonchev–Trinajstić information content (AvgIpc) is 3.12. The second-order valence-corrected chi connectivity index (χ2v) is 6.46. The van der Waals surface area contributed by atoms with Crippen LogP contribution in [0.5, 0.6) is 0 Å². The minimum absolute atomic E-state index is 0.0230. The normalized spacial score (nSPS) is 17.4. The van der Waals surface area contributed by atoms with Crippen molar-refractivity contribution >= 4 is 11.8 Å². The zero-order chi connectivity index (χ0) is 17.8. The van der Waals surface area contributed by atoms with Crippen molar-refractivity contribution in [2.24, 2.45) is 0 Å². The van der Waals surface area contributed by atoms with Crippen LogP contribution in [0.1, 0.15) is 31.5 Å². The lowest BCUT2D eigenvalue weighted by atomic mass is 9.97. The average molecular weight is 341 g/mol. The molecule has 2 aromatic rings. The molecule has 132 valence electrons. The number of carbonyl (C=O) groups is 2. The van der Waals surface area contributed by atoms with E-state index in [0.29, 0.717) is 12.4 Å². The molecule has 1 N–H and O–H groups in total. The van der Waals surface area contributed by atoms with Gasteiger partial charge in [0, 0.05) is 38.5 Å². The number of carbonyl (C=O) groups excluding carboxylic acids is 2. The first-order valence-electron chi connectivity index (χ1n) is 8.52. The van der Waals surface area contributed by atoms with E-state index in [-0.39, 0.29) is 24.3 Å². The van der Waals surface area contributed by atoms with Gasteiger partial charge in [0.1, 0.15) is 5.82 Å². The van der Waals surface area contributed by atoms with Crippen LogP contribution in [0, 0.1) is 0 Å². The molecule has 1 aromatic carbocycles. The van der Waals surface area contributed by atoms with Crippen LogP contribution in [0.15, 0.2) is 30.3 Å². The number of piperidine rings is 1. The van der Waals surface area contributed by atoms with E-state index < -0.39 is 0 Å². The highest BCUT2D eigenvalue weighted by Gasteiger charge is 2.27. The van der Waals surface area contributed by atoms with Crippen LogP contribution >= 0.6 is 0 Å². The molecule has 0 radical (unpaired) electrons. The third-order valence-corrected chi connectivity index (χ3v) is 4.61. The van der Waals surface area contributed by atoms with Gasteiger partial charge in [0.15, 0.2) is 5.82 Å². The lowest BCUT2D eigenvalue weighted by Gasteiger charge is -2.32. The van der Waals surface area contributed by atoms with E-state index in [0.717, 1.165) is 30.8 Å². The molecule has 1 fully saturated rings. The summed E-state index contributed by atoms with van der Waals surface area (Å²) in [4.78, 5) is 31.6. The summed E-state index contributed by atoms with van der Waals surface area (Å²) in [5, 5.41) is 7.34. The number of nitrogens with zero attached hydrogens (tertiary/aromatic N) is 4. The van der Waals surface area contributed by atoms with E-state index in [1.54, 1.807) is 7.05 Å². The van der Waals surface area contributed by atoms with E-state index >= 15 is 0 Å². The Balaban J connectivity index is 1.66. The molecule has 2 amide bonds. The molecule has 1 aromatic heterocycles. The van der Waals surface area contributed by atoms with Gasteiger partial charge in [-0.3, -0.25) is 14.7 Å². The van der Waals surface area contributed by atoms with Crippen molar-refractivity contribution in [1.82, 2.24) is 25.0 Å². The summed E-state index contributed by atoms with van der Waals surface area (Å²) in [5.74, 6) is 1.51. The predicted octanol–water partition coefficient (Wildman–Crippen LogP) is 1.66. The summed E-state index contributed by atoms with van der Waals surface area (Å²) in [5.41, 5.74) is 0.969. The Kier molecular flexibility index (Phi) is 5.11. The van der Waals surface area contributed by atoms with Gasteiger partial charge in [-0.25, -0.2) is 4.98 Å². The van der Waals surface area contributed by atoms with E-state index in [2.05, 4.69) is 15.2 Å². The maximum Gasteiger partial charge on any atom is 0.242 e. The predicted molar refractivity (Wildman–Crippen MR) is 93.7 cm³/mol. The third kappa shape index (κ3) is 4.04. The van der Waals surface area contributed by atoms with Gasteiger partial charge in [-0.05, 0) is 12.8 Å². The molecule has 0 bridgehead atoms. The molecule has 7 heteroatoms. The molecule has 0 spiro atoms.